The SMILES string of the molecule is CN=C(NCCCc1ccc(Cl)cc1Cl)NCCc1nc(C(C)C)no1. The number of hydrogen-bond donors (Lipinski definition) is 2. The van der Waals surface area contributed by atoms with Crippen LogP contribution in [0.25, 0.3) is 0 Å². The Balaban J connectivity index is 1.67. The molecule has 2 rings (SSSR count). The number of aromatic nitrogens is 2. The van der Waals surface area contributed by atoms with Gasteiger partial charge >= 0.3 is 0 Å². The molecule has 0 aliphatic carbocycles. The van der Waals surface area contributed by atoms with E-state index >= 15 is 0 Å². The van der Waals surface area contributed by atoms with Gasteiger partial charge in [-0.25, -0.2) is 0 Å². The molecule has 0 fully saturated rings. The third-order valence-electron chi connectivity index (χ3n) is 3.79. The van der Waals surface area contributed by atoms with Crippen LogP contribution in [0.15, 0.2) is 27.7 Å². The molecule has 8 heteroatoms. The molecular weight excluding hydrogens is 373 g/mol. The second-order valence-corrected chi connectivity index (χ2v) is 7.06. The van der Waals surface area contributed by atoms with Crippen molar-refractivity contribution in [3.63, 3.8) is 0 Å². The molecule has 2 aromatic rings. The molecular formula is C18H25Cl2N5O. The van der Waals surface area contributed by atoms with E-state index in [1.54, 1.807) is 13.1 Å². The molecule has 6 nitrogen and oxygen atoms in total. The Morgan fingerprint density at radius 3 is 2.62 bits per heavy atom. The standard InChI is InChI=1S/C18H25Cl2N5O/c1-12(2)17-24-16(26-25-17)8-10-23-18(21-3)22-9-4-5-13-6-7-14(19)11-15(13)20/h6-7,11-12H,4-5,8-10H2,1-3H3,(H2,21,22,23). The molecule has 0 unspecified atom stereocenters. The van der Waals surface area contributed by atoms with Crippen LogP contribution in [0.4, 0.5) is 0 Å². The van der Waals surface area contributed by atoms with Gasteiger partial charge in [0.05, 0.1) is 0 Å². The van der Waals surface area contributed by atoms with E-state index in [0.29, 0.717) is 28.9 Å². The normalized spacial score (nSPS) is 11.8. The molecule has 2 N–H and O–H groups in total. The highest BCUT2D eigenvalue weighted by atomic mass is 35.5. The summed E-state index contributed by atoms with van der Waals surface area (Å²) in [5, 5.41) is 11.8. The molecule has 0 aliphatic heterocycles. The molecule has 0 saturated heterocycles. The number of nitrogens with zero attached hydrogens (tertiary/aromatic N) is 3. The van der Waals surface area contributed by atoms with Gasteiger partial charge < -0.3 is 15.2 Å². The molecule has 142 valence electrons. The van der Waals surface area contributed by atoms with Crippen LogP contribution in [0.5, 0.6) is 0 Å². The summed E-state index contributed by atoms with van der Waals surface area (Å²) < 4.78 is 5.23. The Kier molecular flexibility index (Phi) is 8.19. The van der Waals surface area contributed by atoms with Gasteiger partial charge in [-0.15, -0.1) is 0 Å². The van der Waals surface area contributed by atoms with Crippen molar-refractivity contribution in [2.75, 3.05) is 20.1 Å². The second-order valence-electron chi connectivity index (χ2n) is 6.22. The lowest BCUT2D eigenvalue weighted by molar-refractivity contribution is 0.371. The van der Waals surface area contributed by atoms with Crippen molar-refractivity contribution in [3.8, 4) is 0 Å². The van der Waals surface area contributed by atoms with Crippen LogP contribution < -0.4 is 10.6 Å². The van der Waals surface area contributed by atoms with Gasteiger partial charge in [0.1, 0.15) is 0 Å². The number of aryl methyl sites for hydroxylation is 1. The fraction of sp³-hybridized carbons (Fsp3) is 0.500. The molecule has 26 heavy (non-hydrogen) atoms. The van der Waals surface area contributed by atoms with Crippen LogP contribution in [0.1, 0.15) is 43.5 Å². The summed E-state index contributed by atoms with van der Waals surface area (Å²) in [6.07, 6.45) is 2.46. The minimum absolute atomic E-state index is 0.268. The summed E-state index contributed by atoms with van der Waals surface area (Å²) in [4.78, 5) is 8.57. The number of hydrogen-bond acceptors (Lipinski definition) is 4. The molecule has 1 aromatic heterocycles. The van der Waals surface area contributed by atoms with Crippen LogP contribution in [-0.2, 0) is 12.8 Å². The highest BCUT2D eigenvalue weighted by molar-refractivity contribution is 6.35. The Morgan fingerprint density at radius 1 is 1.19 bits per heavy atom. The monoisotopic (exact) mass is 397 g/mol. The molecule has 0 spiro atoms. The van der Waals surface area contributed by atoms with Crippen molar-refractivity contribution in [2.24, 2.45) is 4.99 Å². The van der Waals surface area contributed by atoms with E-state index in [-0.39, 0.29) is 5.92 Å². The van der Waals surface area contributed by atoms with E-state index in [4.69, 9.17) is 27.7 Å². The lowest BCUT2D eigenvalue weighted by Gasteiger charge is -2.11. The van der Waals surface area contributed by atoms with Gasteiger partial charge in [0.25, 0.3) is 0 Å². The maximum absolute atomic E-state index is 6.19. The van der Waals surface area contributed by atoms with Gasteiger partial charge in [-0.2, -0.15) is 4.98 Å². The summed E-state index contributed by atoms with van der Waals surface area (Å²) in [5.41, 5.74) is 1.10. The molecule has 0 saturated carbocycles. The zero-order chi connectivity index (χ0) is 18.9. The predicted octanol–water partition coefficient (Wildman–Crippen LogP) is 3.84. The maximum atomic E-state index is 6.19. The van der Waals surface area contributed by atoms with Gasteiger partial charge in [-0.1, -0.05) is 48.3 Å². The first kappa shape index (κ1) is 20.5. The zero-order valence-electron chi connectivity index (χ0n) is 15.4. The first-order chi connectivity index (χ1) is 12.5. The summed E-state index contributed by atoms with van der Waals surface area (Å²) >= 11 is 12.1. The quantitative estimate of drug-likeness (QED) is 0.402. The minimum Gasteiger partial charge on any atom is -0.356 e. The first-order valence-electron chi connectivity index (χ1n) is 8.70. The molecule has 1 heterocycles. The summed E-state index contributed by atoms with van der Waals surface area (Å²) in [6, 6.07) is 5.60. The van der Waals surface area contributed by atoms with Crippen molar-refractivity contribution in [1.82, 2.24) is 20.8 Å². The summed E-state index contributed by atoms with van der Waals surface area (Å²) in [7, 11) is 1.75. The molecule has 0 radical (unpaired) electrons. The summed E-state index contributed by atoms with van der Waals surface area (Å²) in [6.45, 7) is 5.53. The molecule has 0 amide bonds. The fourth-order valence-electron chi connectivity index (χ4n) is 2.32. The highest BCUT2D eigenvalue weighted by Gasteiger charge is 2.09. The number of guanidine groups is 1. The van der Waals surface area contributed by atoms with Crippen LogP contribution in [0.2, 0.25) is 10.0 Å². The topological polar surface area (TPSA) is 75.3 Å². The second kappa shape index (κ2) is 10.4. The van der Waals surface area contributed by atoms with Gasteiger partial charge in [0.15, 0.2) is 11.8 Å². The van der Waals surface area contributed by atoms with Gasteiger partial charge in [0.2, 0.25) is 5.89 Å². The Morgan fingerprint density at radius 2 is 1.96 bits per heavy atom. The van der Waals surface area contributed by atoms with Crippen molar-refractivity contribution in [3.05, 3.63) is 45.5 Å². The van der Waals surface area contributed by atoms with E-state index in [0.717, 1.165) is 36.7 Å². The predicted molar refractivity (Wildman–Crippen MR) is 106 cm³/mol. The van der Waals surface area contributed by atoms with Crippen LogP contribution >= 0.6 is 23.2 Å². The highest BCUT2D eigenvalue weighted by Crippen LogP contribution is 2.21. The number of aliphatic imine (C=N–C) groups is 1. The molecule has 0 bridgehead atoms. The van der Waals surface area contributed by atoms with E-state index in [2.05, 4.69) is 25.8 Å². The van der Waals surface area contributed by atoms with Gasteiger partial charge in [0, 0.05) is 42.5 Å². The van der Waals surface area contributed by atoms with Crippen molar-refractivity contribution >= 4 is 29.2 Å². The first-order valence-corrected chi connectivity index (χ1v) is 9.46. The molecule has 0 atom stereocenters. The largest absolute Gasteiger partial charge is 0.356 e. The minimum atomic E-state index is 0.268. The Labute approximate surface area is 164 Å². The molecule has 1 aromatic carbocycles. The van der Waals surface area contributed by atoms with Crippen LogP contribution in [0.3, 0.4) is 0 Å². The maximum Gasteiger partial charge on any atom is 0.228 e. The average molecular weight is 398 g/mol. The lowest BCUT2D eigenvalue weighted by Crippen LogP contribution is -2.38. The number of rotatable bonds is 8. The Hall–Kier alpha value is -1.79. The number of benzene rings is 1. The average Bonchev–Trinajstić information content (AvgIpc) is 3.07. The number of nitrogens with one attached hydrogen (secondary N) is 2. The van der Waals surface area contributed by atoms with Crippen molar-refractivity contribution in [2.45, 2.75) is 39.0 Å². The van der Waals surface area contributed by atoms with Gasteiger partial charge in [-0.3, -0.25) is 4.99 Å². The smallest absolute Gasteiger partial charge is 0.228 e. The Bertz CT molecular complexity index is 730. The van der Waals surface area contributed by atoms with E-state index in [1.165, 1.54) is 0 Å². The third-order valence-corrected chi connectivity index (χ3v) is 4.37. The van der Waals surface area contributed by atoms with Crippen molar-refractivity contribution < 1.29 is 4.52 Å². The van der Waals surface area contributed by atoms with Crippen LogP contribution in [0, 0.1) is 0 Å². The summed E-state index contributed by atoms with van der Waals surface area (Å²) in [5.74, 6) is 2.39. The lowest BCUT2D eigenvalue weighted by atomic mass is 10.1. The van der Waals surface area contributed by atoms with E-state index in [9.17, 15) is 0 Å². The third kappa shape index (κ3) is 6.50. The van der Waals surface area contributed by atoms with E-state index in [1.807, 2.05) is 26.0 Å². The number of halogens is 2. The van der Waals surface area contributed by atoms with Crippen molar-refractivity contribution in [1.29, 1.82) is 0 Å². The van der Waals surface area contributed by atoms with Crippen LogP contribution in [-0.4, -0.2) is 36.2 Å². The zero-order valence-corrected chi connectivity index (χ0v) is 16.9. The van der Waals surface area contributed by atoms with Gasteiger partial charge in [-0.05, 0) is 30.5 Å². The fourth-order valence-corrected chi connectivity index (χ4v) is 2.83. The molecule has 0 aliphatic rings. The van der Waals surface area contributed by atoms with E-state index < -0.39 is 0 Å².